The standard InChI is InChI=1S/C16H24N2O2/c1-11-5-4-8-14(17)15(11)16(20)18-9-12-6-2-3-7-13(12)10-19/h4-5,8,12-13,19H,2-3,6-7,9-10,17H2,1H3,(H,18,20). The number of nitrogen functional groups attached to an aromatic ring is 1. The quantitative estimate of drug-likeness (QED) is 0.737. The molecule has 0 aromatic heterocycles. The molecule has 110 valence electrons. The zero-order valence-corrected chi connectivity index (χ0v) is 12.1. The molecule has 0 radical (unpaired) electrons. The molecular weight excluding hydrogens is 252 g/mol. The minimum atomic E-state index is -0.108. The number of carbonyl (C=O) groups excluding carboxylic acids is 1. The van der Waals surface area contributed by atoms with Gasteiger partial charge in [-0.2, -0.15) is 0 Å². The van der Waals surface area contributed by atoms with Crippen LogP contribution in [0.15, 0.2) is 18.2 Å². The summed E-state index contributed by atoms with van der Waals surface area (Å²) in [6, 6.07) is 5.49. The second-order valence-electron chi connectivity index (χ2n) is 5.74. The number of rotatable bonds is 4. The first-order valence-electron chi connectivity index (χ1n) is 7.37. The number of amides is 1. The third kappa shape index (κ3) is 3.31. The highest BCUT2D eigenvalue weighted by Crippen LogP contribution is 2.29. The molecule has 1 fully saturated rings. The topological polar surface area (TPSA) is 75.4 Å². The van der Waals surface area contributed by atoms with Crippen molar-refractivity contribution >= 4 is 11.6 Å². The molecule has 2 unspecified atom stereocenters. The summed E-state index contributed by atoms with van der Waals surface area (Å²) in [6.07, 6.45) is 4.50. The summed E-state index contributed by atoms with van der Waals surface area (Å²) in [5.74, 6) is 0.587. The Labute approximate surface area is 120 Å². The number of anilines is 1. The van der Waals surface area contributed by atoms with E-state index in [1.165, 1.54) is 12.8 Å². The van der Waals surface area contributed by atoms with E-state index in [0.717, 1.165) is 18.4 Å². The van der Waals surface area contributed by atoms with Gasteiger partial charge in [0, 0.05) is 18.8 Å². The number of nitrogens with two attached hydrogens (primary N) is 1. The Morgan fingerprint density at radius 1 is 1.35 bits per heavy atom. The van der Waals surface area contributed by atoms with Crippen LogP contribution in [0.5, 0.6) is 0 Å². The average Bonchev–Trinajstić information content (AvgIpc) is 2.45. The van der Waals surface area contributed by atoms with Crippen LogP contribution in [-0.2, 0) is 0 Å². The predicted molar refractivity (Wildman–Crippen MR) is 80.5 cm³/mol. The largest absolute Gasteiger partial charge is 0.398 e. The first-order chi connectivity index (χ1) is 9.63. The second kappa shape index (κ2) is 6.75. The first kappa shape index (κ1) is 14.9. The van der Waals surface area contributed by atoms with Gasteiger partial charge >= 0.3 is 0 Å². The SMILES string of the molecule is Cc1cccc(N)c1C(=O)NCC1CCCCC1CO. The molecule has 0 saturated heterocycles. The molecular formula is C16H24N2O2. The Balaban J connectivity index is 1.98. The highest BCUT2D eigenvalue weighted by molar-refractivity contribution is 6.00. The van der Waals surface area contributed by atoms with Crippen LogP contribution in [-0.4, -0.2) is 24.2 Å². The van der Waals surface area contributed by atoms with E-state index in [0.29, 0.717) is 29.6 Å². The Hall–Kier alpha value is -1.55. The number of hydrogen-bond acceptors (Lipinski definition) is 3. The van der Waals surface area contributed by atoms with Crippen molar-refractivity contribution in [3.63, 3.8) is 0 Å². The lowest BCUT2D eigenvalue weighted by Gasteiger charge is -2.30. The third-order valence-corrected chi connectivity index (χ3v) is 4.36. The van der Waals surface area contributed by atoms with E-state index in [9.17, 15) is 9.90 Å². The lowest BCUT2D eigenvalue weighted by molar-refractivity contribution is 0.0909. The number of aryl methyl sites for hydroxylation is 1. The van der Waals surface area contributed by atoms with Crippen LogP contribution >= 0.6 is 0 Å². The molecule has 1 aromatic carbocycles. The smallest absolute Gasteiger partial charge is 0.253 e. The minimum Gasteiger partial charge on any atom is -0.398 e. The molecule has 20 heavy (non-hydrogen) atoms. The maximum Gasteiger partial charge on any atom is 0.253 e. The first-order valence-corrected chi connectivity index (χ1v) is 7.37. The van der Waals surface area contributed by atoms with Crippen LogP contribution in [0.3, 0.4) is 0 Å². The van der Waals surface area contributed by atoms with Crippen molar-refractivity contribution in [3.05, 3.63) is 29.3 Å². The Morgan fingerprint density at radius 3 is 2.70 bits per heavy atom. The molecule has 0 spiro atoms. The molecule has 1 aliphatic rings. The van der Waals surface area contributed by atoms with E-state index >= 15 is 0 Å². The number of carbonyl (C=O) groups is 1. The van der Waals surface area contributed by atoms with Crippen LogP contribution in [0.1, 0.15) is 41.6 Å². The summed E-state index contributed by atoms with van der Waals surface area (Å²) in [6.45, 7) is 2.73. The van der Waals surface area contributed by atoms with Crippen molar-refractivity contribution in [3.8, 4) is 0 Å². The fourth-order valence-electron chi connectivity index (χ4n) is 3.11. The molecule has 1 aliphatic carbocycles. The summed E-state index contributed by atoms with van der Waals surface area (Å²) in [5.41, 5.74) is 7.87. The lowest BCUT2D eigenvalue weighted by atomic mass is 9.79. The van der Waals surface area contributed by atoms with Crippen LogP contribution in [0.25, 0.3) is 0 Å². The number of aliphatic hydroxyl groups excluding tert-OH is 1. The van der Waals surface area contributed by atoms with E-state index in [2.05, 4.69) is 5.32 Å². The third-order valence-electron chi connectivity index (χ3n) is 4.36. The van der Waals surface area contributed by atoms with Crippen LogP contribution in [0.4, 0.5) is 5.69 Å². The zero-order valence-electron chi connectivity index (χ0n) is 12.1. The monoisotopic (exact) mass is 276 g/mol. The maximum absolute atomic E-state index is 12.3. The Morgan fingerprint density at radius 2 is 2.05 bits per heavy atom. The molecule has 1 amide bonds. The zero-order chi connectivity index (χ0) is 14.5. The molecule has 2 rings (SSSR count). The van der Waals surface area contributed by atoms with E-state index in [1.54, 1.807) is 6.07 Å². The maximum atomic E-state index is 12.3. The average molecular weight is 276 g/mol. The summed E-state index contributed by atoms with van der Waals surface area (Å²) in [7, 11) is 0. The van der Waals surface area contributed by atoms with E-state index in [1.807, 2.05) is 19.1 Å². The van der Waals surface area contributed by atoms with Gasteiger partial charge in [-0.25, -0.2) is 0 Å². The van der Waals surface area contributed by atoms with E-state index in [4.69, 9.17) is 5.73 Å². The molecule has 4 N–H and O–H groups in total. The summed E-state index contributed by atoms with van der Waals surface area (Å²) >= 11 is 0. The van der Waals surface area contributed by atoms with E-state index < -0.39 is 0 Å². The Bertz CT molecular complexity index is 453. The van der Waals surface area contributed by atoms with Gasteiger partial charge in [-0.3, -0.25) is 4.79 Å². The van der Waals surface area contributed by atoms with Crippen LogP contribution < -0.4 is 11.1 Å². The van der Waals surface area contributed by atoms with Crippen molar-refractivity contribution in [2.24, 2.45) is 11.8 Å². The second-order valence-corrected chi connectivity index (χ2v) is 5.74. The summed E-state index contributed by atoms with van der Waals surface area (Å²) < 4.78 is 0. The number of aliphatic hydroxyl groups is 1. The van der Waals surface area contributed by atoms with Gasteiger partial charge in [0.1, 0.15) is 0 Å². The van der Waals surface area contributed by atoms with Gasteiger partial charge in [-0.15, -0.1) is 0 Å². The highest BCUT2D eigenvalue weighted by Gasteiger charge is 2.25. The lowest BCUT2D eigenvalue weighted by Crippen LogP contribution is -2.36. The van der Waals surface area contributed by atoms with Crippen molar-refractivity contribution in [1.29, 1.82) is 0 Å². The highest BCUT2D eigenvalue weighted by atomic mass is 16.3. The minimum absolute atomic E-state index is 0.108. The van der Waals surface area contributed by atoms with E-state index in [-0.39, 0.29) is 12.5 Å². The number of nitrogens with one attached hydrogen (secondary N) is 1. The van der Waals surface area contributed by atoms with Gasteiger partial charge in [0.25, 0.3) is 5.91 Å². The van der Waals surface area contributed by atoms with Crippen LogP contribution in [0.2, 0.25) is 0 Å². The van der Waals surface area contributed by atoms with Gasteiger partial charge < -0.3 is 16.2 Å². The molecule has 0 bridgehead atoms. The molecule has 1 saturated carbocycles. The normalized spacial score (nSPS) is 22.5. The fourth-order valence-corrected chi connectivity index (χ4v) is 3.11. The predicted octanol–water partition coefficient (Wildman–Crippen LogP) is 2.11. The summed E-state index contributed by atoms with van der Waals surface area (Å²) in [4.78, 5) is 12.3. The molecule has 2 atom stereocenters. The number of benzene rings is 1. The molecule has 0 aliphatic heterocycles. The summed E-state index contributed by atoms with van der Waals surface area (Å²) in [5, 5.41) is 12.4. The molecule has 0 heterocycles. The van der Waals surface area contributed by atoms with Crippen molar-refractivity contribution in [2.75, 3.05) is 18.9 Å². The Kier molecular flexibility index (Phi) is 5.01. The molecule has 4 heteroatoms. The fraction of sp³-hybridized carbons (Fsp3) is 0.562. The number of hydrogen-bond donors (Lipinski definition) is 3. The van der Waals surface area contributed by atoms with Gasteiger partial charge in [0.05, 0.1) is 5.56 Å². The van der Waals surface area contributed by atoms with Gasteiger partial charge in [-0.1, -0.05) is 25.0 Å². The van der Waals surface area contributed by atoms with Crippen molar-refractivity contribution in [2.45, 2.75) is 32.6 Å². The van der Waals surface area contributed by atoms with Crippen LogP contribution in [0, 0.1) is 18.8 Å². The van der Waals surface area contributed by atoms with Crippen molar-refractivity contribution in [1.82, 2.24) is 5.32 Å². The molecule has 4 nitrogen and oxygen atoms in total. The van der Waals surface area contributed by atoms with Gasteiger partial charge in [0.2, 0.25) is 0 Å². The van der Waals surface area contributed by atoms with Crippen molar-refractivity contribution < 1.29 is 9.90 Å². The molecule has 1 aromatic rings. The van der Waals surface area contributed by atoms with Gasteiger partial charge in [-0.05, 0) is 43.2 Å². The van der Waals surface area contributed by atoms with Gasteiger partial charge in [0.15, 0.2) is 0 Å².